The van der Waals surface area contributed by atoms with Gasteiger partial charge in [0.25, 0.3) is 5.91 Å². The Morgan fingerprint density at radius 3 is 2.78 bits per heavy atom. The number of hydrogen-bond acceptors (Lipinski definition) is 3. The normalized spacial score (nSPS) is 18.0. The van der Waals surface area contributed by atoms with Crippen LogP contribution in [0.4, 0.5) is 0 Å². The lowest BCUT2D eigenvalue weighted by Crippen LogP contribution is -2.34. The molecule has 0 aliphatic carbocycles. The smallest absolute Gasteiger partial charge is 0.273 e. The summed E-state index contributed by atoms with van der Waals surface area (Å²) >= 11 is 3.50. The van der Waals surface area contributed by atoms with Crippen LogP contribution >= 0.6 is 15.9 Å². The molecule has 5 nitrogen and oxygen atoms in total. The SMILES string of the molecule is CC1CCCN(Cc2ccccc2CNC(=O)c2n[nH]c(C(C)C)c2Br)C1. The number of rotatable bonds is 6. The largest absolute Gasteiger partial charge is 0.347 e. The molecule has 0 saturated carbocycles. The van der Waals surface area contributed by atoms with Crippen molar-refractivity contribution in [1.82, 2.24) is 20.4 Å². The third-order valence-electron chi connectivity index (χ3n) is 5.22. The number of aromatic amines is 1. The average molecular weight is 433 g/mol. The standard InChI is InChI=1S/C21H29BrN4O/c1-14(2)19-18(22)20(25-24-19)21(27)23-11-16-8-4-5-9-17(16)13-26-10-6-7-15(3)12-26/h4-5,8-9,14-15H,6-7,10-13H2,1-3H3,(H,23,27)(H,24,25). The predicted octanol–water partition coefficient (Wildman–Crippen LogP) is 4.46. The van der Waals surface area contributed by atoms with E-state index >= 15 is 0 Å². The van der Waals surface area contributed by atoms with Crippen LogP contribution in [0.1, 0.15) is 66.8 Å². The zero-order chi connectivity index (χ0) is 19.4. The van der Waals surface area contributed by atoms with Crippen molar-refractivity contribution in [1.29, 1.82) is 0 Å². The molecule has 1 amide bonds. The molecule has 2 N–H and O–H groups in total. The summed E-state index contributed by atoms with van der Waals surface area (Å²) < 4.78 is 0.755. The van der Waals surface area contributed by atoms with Crippen molar-refractivity contribution in [3.63, 3.8) is 0 Å². The molecule has 146 valence electrons. The molecule has 0 radical (unpaired) electrons. The molecular formula is C21H29BrN4O. The van der Waals surface area contributed by atoms with Gasteiger partial charge < -0.3 is 5.32 Å². The van der Waals surface area contributed by atoms with Crippen LogP contribution in [0.5, 0.6) is 0 Å². The lowest BCUT2D eigenvalue weighted by atomic mass is 9.99. The fourth-order valence-electron chi connectivity index (χ4n) is 3.69. The Morgan fingerprint density at radius 1 is 1.37 bits per heavy atom. The molecule has 1 aromatic heterocycles. The second kappa shape index (κ2) is 9.02. The Hall–Kier alpha value is -1.66. The number of H-pyrrole nitrogens is 1. The lowest BCUT2D eigenvalue weighted by Gasteiger charge is -2.31. The van der Waals surface area contributed by atoms with Crippen LogP contribution in [0.25, 0.3) is 0 Å². The highest BCUT2D eigenvalue weighted by Crippen LogP contribution is 2.25. The van der Waals surface area contributed by atoms with Gasteiger partial charge in [-0.2, -0.15) is 5.10 Å². The van der Waals surface area contributed by atoms with Crippen molar-refractivity contribution in [2.45, 2.75) is 52.6 Å². The van der Waals surface area contributed by atoms with E-state index in [4.69, 9.17) is 0 Å². The van der Waals surface area contributed by atoms with Gasteiger partial charge in [-0.05, 0) is 58.3 Å². The second-order valence-corrected chi connectivity index (χ2v) is 8.68. The van der Waals surface area contributed by atoms with E-state index < -0.39 is 0 Å². The Morgan fingerprint density at radius 2 is 2.11 bits per heavy atom. The number of nitrogens with zero attached hydrogens (tertiary/aromatic N) is 2. The Balaban J connectivity index is 1.65. The summed E-state index contributed by atoms with van der Waals surface area (Å²) in [6.45, 7) is 10.2. The van der Waals surface area contributed by atoms with Crippen LogP contribution in [-0.4, -0.2) is 34.1 Å². The van der Waals surface area contributed by atoms with Crippen LogP contribution in [0, 0.1) is 5.92 Å². The number of amides is 1. The van der Waals surface area contributed by atoms with Gasteiger partial charge in [0.1, 0.15) is 0 Å². The molecule has 1 unspecified atom stereocenters. The van der Waals surface area contributed by atoms with Gasteiger partial charge in [0.15, 0.2) is 5.69 Å². The van der Waals surface area contributed by atoms with Gasteiger partial charge in [0, 0.05) is 19.6 Å². The number of carbonyl (C=O) groups is 1. The number of likely N-dealkylation sites (tertiary alicyclic amines) is 1. The number of aromatic nitrogens is 2. The quantitative estimate of drug-likeness (QED) is 0.707. The molecule has 2 aromatic rings. The Kier molecular flexibility index (Phi) is 6.71. The fourth-order valence-corrected chi connectivity index (χ4v) is 4.50. The summed E-state index contributed by atoms with van der Waals surface area (Å²) in [5.41, 5.74) is 3.82. The highest BCUT2D eigenvalue weighted by molar-refractivity contribution is 9.10. The number of piperidine rings is 1. The van der Waals surface area contributed by atoms with Crippen LogP contribution in [0.3, 0.4) is 0 Å². The topological polar surface area (TPSA) is 61.0 Å². The van der Waals surface area contributed by atoms with E-state index in [0.717, 1.165) is 35.7 Å². The number of hydrogen-bond donors (Lipinski definition) is 2. The predicted molar refractivity (Wildman–Crippen MR) is 112 cm³/mol. The maximum atomic E-state index is 12.6. The molecule has 1 fully saturated rings. The Bertz CT molecular complexity index is 786. The van der Waals surface area contributed by atoms with Crippen molar-refractivity contribution in [2.75, 3.05) is 13.1 Å². The van der Waals surface area contributed by atoms with Crippen LogP contribution in [-0.2, 0) is 13.1 Å². The first kappa shape index (κ1) is 20.1. The zero-order valence-electron chi connectivity index (χ0n) is 16.4. The maximum Gasteiger partial charge on any atom is 0.273 e. The fraction of sp³-hybridized carbons (Fsp3) is 0.524. The van der Waals surface area contributed by atoms with Crippen LogP contribution < -0.4 is 5.32 Å². The van der Waals surface area contributed by atoms with Crippen LogP contribution in [0.15, 0.2) is 28.7 Å². The molecular weight excluding hydrogens is 404 g/mol. The van der Waals surface area contributed by atoms with Crippen molar-refractivity contribution < 1.29 is 4.79 Å². The summed E-state index contributed by atoms with van der Waals surface area (Å²) in [5.74, 6) is 0.880. The minimum absolute atomic E-state index is 0.161. The molecule has 1 atom stereocenters. The van der Waals surface area contributed by atoms with Gasteiger partial charge in [-0.15, -0.1) is 0 Å². The third-order valence-corrected chi connectivity index (χ3v) is 6.02. The Labute approximate surface area is 170 Å². The summed E-state index contributed by atoms with van der Waals surface area (Å²) in [4.78, 5) is 15.1. The monoisotopic (exact) mass is 432 g/mol. The van der Waals surface area contributed by atoms with Crippen molar-refractivity contribution in [2.24, 2.45) is 5.92 Å². The van der Waals surface area contributed by atoms with Gasteiger partial charge >= 0.3 is 0 Å². The number of carbonyl (C=O) groups excluding carboxylic acids is 1. The van der Waals surface area contributed by atoms with E-state index in [1.54, 1.807) is 0 Å². The van der Waals surface area contributed by atoms with Gasteiger partial charge in [-0.3, -0.25) is 14.8 Å². The summed E-state index contributed by atoms with van der Waals surface area (Å²) in [7, 11) is 0. The lowest BCUT2D eigenvalue weighted by molar-refractivity contribution is 0.0945. The first-order chi connectivity index (χ1) is 13.0. The first-order valence-electron chi connectivity index (χ1n) is 9.76. The zero-order valence-corrected chi connectivity index (χ0v) is 18.0. The minimum atomic E-state index is -0.161. The van der Waals surface area contributed by atoms with Gasteiger partial charge in [-0.1, -0.05) is 45.0 Å². The molecule has 2 heterocycles. The van der Waals surface area contributed by atoms with E-state index in [2.05, 4.69) is 75.3 Å². The van der Waals surface area contributed by atoms with Gasteiger partial charge in [0.2, 0.25) is 0 Å². The molecule has 1 aliphatic rings. The number of halogens is 1. The van der Waals surface area contributed by atoms with E-state index in [1.807, 2.05) is 6.07 Å². The molecule has 3 rings (SSSR count). The highest BCUT2D eigenvalue weighted by Gasteiger charge is 2.20. The first-order valence-corrected chi connectivity index (χ1v) is 10.6. The van der Waals surface area contributed by atoms with Crippen molar-refractivity contribution in [3.05, 3.63) is 51.3 Å². The van der Waals surface area contributed by atoms with Crippen molar-refractivity contribution >= 4 is 21.8 Å². The second-order valence-electron chi connectivity index (χ2n) is 7.89. The molecule has 0 spiro atoms. The molecule has 0 bridgehead atoms. The summed E-state index contributed by atoms with van der Waals surface area (Å²) in [6.07, 6.45) is 2.59. The van der Waals surface area contributed by atoms with Gasteiger partial charge in [-0.25, -0.2) is 0 Å². The summed E-state index contributed by atoms with van der Waals surface area (Å²) in [6, 6.07) is 8.38. The van der Waals surface area contributed by atoms with Crippen molar-refractivity contribution in [3.8, 4) is 0 Å². The molecule has 6 heteroatoms. The number of nitrogens with one attached hydrogen (secondary N) is 2. The molecule has 1 aliphatic heterocycles. The highest BCUT2D eigenvalue weighted by atomic mass is 79.9. The molecule has 1 saturated heterocycles. The maximum absolute atomic E-state index is 12.6. The molecule has 27 heavy (non-hydrogen) atoms. The van der Waals surface area contributed by atoms with E-state index in [0.29, 0.717) is 12.2 Å². The summed E-state index contributed by atoms with van der Waals surface area (Å²) in [5, 5.41) is 10.2. The third kappa shape index (κ3) is 4.99. The van der Waals surface area contributed by atoms with Crippen LogP contribution in [0.2, 0.25) is 0 Å². The van der Waals surface area contributed by atoms with E-state index in [9.17, 15) is 4.79 Å². The molecule has 1 aromatic carbocycles. The minimum Gasteiger partial charge on any atom is -0.347 e. The van der Waals surface area contributed by atoms with Gasteiger partial charge in [0.05, 0.1) is 10.2 Å². The van der Waals surface area contributed by atoms with E-state index in [1.165, 1.54) is 24.0 Å². The van der Waals surface area contributed by atoms with E-state index in [-0.39, 0.29) is 11.8 Å². The average Bonchev–Trinajstić information content (AvgIpc) is 3.02. The number of benzene rings is 1.